The van der Waals surface area contributed by atoms with Crippen molar-refractivity contribution in [2.24, 2.45) is 11.7 Å². The molecular formula is C22H28N6O2. The Morgan fingerprint density at radius 2 is 1.97 bits per heavy atom. The number of carbonyl (C=O) groups is 2. The van der Waals surface area contributed by atoms with Gasteiger partial charge in [-0.05, 0) is 43.9 Å². The highest BCUT2D eigenvalue weighted by molar-refractivity contribution is 5.96. The van der Waals surface area contributed by atoms with Crippen LogP contribution in [0.3, 0.4) is 0 Å². The standard InChI is InChI=1S/C22H28N6O2/c1-5-19(29)26-16-10-11-17(14(16)3)28(4)18-12-24-20(21(23)30)22(27-18)25-15-8-6-13(2)7-9-15/h5-9,12,14,16-17H,1,10-11H2,2-4H3,(H2,23,30)(H,25,27)(H,26,29)/t14-,16?,17+/m0/s1. The first kappa shape index (κ1) is 21.3. The third-order valence-electron chi connectivity index (χ3n) is 5.69. The van der Waals surface area contributed by atoms with Crippen molar-refractivity contribution >= 4 is 29.1 Å². The molecule has 2 amide bonds. The fourth-order valence-electron chi connectivity index (χ4n) is 3.90. The molecule has 30 heavy (non-hydrogen) atoms. The topological polar surface area (TPSA) is 113 Å². The zero-order valence-electron chi connectivity index (χ0n) is 17.6. The van der Waals surface area contributed by atoms with Crippen molar-refractivity contribution in [3.05, 3.63) is 54.4 Å². The van der Waals surface area contributed by atoms with E-state index < -0.39 is 5.91 Å². The van der Waals surface area contributed by atoms with Gasteiger partial charge in [0.2, 0.25) is 5.91 Å². The fraction of sp³-hybridized carbons (Fsp3) is 0.364. The fourth-order valence-corrected chi connectivity index (χ4v) is 3.90. The zero-order valence-corrected chi connectivity index (χ0v) is 17.6. The highest BCUT2D eigenvalue weighted by atomic mass is 16.2. The van der Waals surface area contributed by atoms with Gasteiger partial charge in [0.15, 0.2) is 11.5 Å². The second kappa shape index (κ2) is 8.94. The van der Waals surface area contributed by atoms with Crippen LogP contribution in [-0.4, -0.2) is 40.9 Å². The predicted octanol–water partition coefficient (Wildman–Crippen LogP) is 2.53. The van der Waals surface area contributed by atoms with Gasteiger partial charge < -0.3 is 21.3 Å². The normalized spacial score (nSPS) is 20.4. The summed E-state index contributed by atoms with van der Waals surface area (Å²) in [4.78, 5) is 34.5. The summed E-state index contributed by atoms with van der Waals surface area (Å²) in [6.07, 6.45) is 4.63. The highest BCUT2D eigenvalue weighted by Gasteiger charge is 2.36. The molecule has 1 saturated carbocycles. The minimum absolute atomic E-state index is 0.0750. The van der Waals surface area contributed by atoms with E-state index >= 15 is 0 Å². The van der Waals surface area contributed by atoms with Crippen LogP contribution < -0.4 is 21.3 Å². The van der Waals surface area contributed by atoms with Crippen molar-refractivity contribution in [1.29, 1.82) is 0 Å². The Bertz CT molecular complexity index is 943. The van der Waals surface area contributed by atoms with Gasteiger partial charge in [-0.2, -0.15) is 0 Å². The van der Waals surface area contributed by atoms with Crippen molar-refractivity contribution in [3.63, 3.8) is 0 Å². The second-order valence-corrected chi connectivity index (χ2v) is 7.71. The summed E-state index contributed by atoms with van der Waals surface area (Å²) in [6, 6.07) is 7.99. The maximum atomic E-state index is 11.8. The van der Waals surface area contributed by atoms with Crippen molar-refractivity contribution in [2.45, 2.75) is 38.8 Å². The van der Waals surface area contributed by atoms with Gasteiger partial charge in [-0.1, -0.05) is 31.2 Å². The van der Waals surface area contributed by atoms with Crippen LogP contribution in [0.25, 0.3) is 0 Å². The highest BCUT2D eigenvalue weighted by Crippen LogP contribution is 2.32. The van der Waals surface area contributed by atoms with Gasteiger partial charge >= 0.3 is 0 Å². The largest absolute Gasteiger partial charge is 0.364 e. The quantitative estimate of drug-likeness (QED) is 0.607. The average molecular weight is 409 g/mol. The minimum atomic E-state index is -0.646. The average Bonchev–Trinajstić information content (AvgIpc) is 3.08. The summed E-state index contributed by atoms with van der Waals surface area (Å²) in [7, 11) is 1.95. The number of nitrogens with zero attached hydrogens (tertiary/aromatic N) is 3. The zero-order chi connectivity index (χ0) is 21.8. The van der Waals surface area contributed by atoms with Crippen molar-refractivity contribution in [3.8, 4) is 0 Å². The van der Waals surface area contributed by atoms with Crippen molar-refractivity contribution < 1.29 is 9.59 Å². The molecule has 158 valence electrons. The van der Waals surface area contributed by atoms with Crippen molar-refractivity contribution in [1.82, 2.24) is 15.3 Å². The smallest absolute Gasteiger partial charge is 0.271 e. The molecule has 1 fully saturated rings. The number of amides is 2. The van der Waals surface area contributed by atoms with E-state index in [-0.39, 0.29) is 29.6 Å². The number of rotatable bonds is 7. The maximum Gasteiger partial charge on any atom is 0.271 e. The molecule has 8 heteroatoms. The first-order chi connectivity index (χ1) is 14.3. The molecule has 0 saturated heterocycles. The first-order valence-electron chi connectivity index (χ1n) is 9.96. The Labute approximate surface area is 176 Å². The lowest BCUT2D eigenvalue weighted by molar-refractivity contribution is -0.117. The number of nitrogens with two attached hydrogens (primary N) is 1. The Morgan fingerprint density at radius 1 is 1.27 bits per heavy atom. The Balaban J connectivity index is 1.83. The predicted molar refractivity (Wildman–Crippen MR) is 118 cm³/mol. The van der Waals surface area contributed by atoms with Crippen LogP contribution in [0.15, 0.2) is 43.1 Å². The van der Waals surface area contributed by atoms with Crippen LogP contribution in [0.4, 0.5) is 17.3 Å². The molecule has 1 aliphatic carbocycles. The summed E-state index contributed by atoms with van der Waals surface area (Å²) in [6.45, 7) is 7.63. The lowest BCUT2D eigenvalue weighted by Gasteiger charge is -2.30. The monoisotopic (exact) mass is 408 g/mol. The number of hydrogen-bond acceptors (Lipinski definition) is 6. The number of aromatic nitrogens is 2. The molecule has 0 spiro atoms. The summed E-state index contributed by atoms with van der Waals surface area (Å²) < 4.78 is 0. The Morgan fingerprint density at radius 3 is 2.60 bits per heavy atom. The van der Waals surface area contributed by atoms with E-state index in [0.29, 0.717) is 11.6 Å². The molecule has 8 nitrogen and oxygen atoms in total. The third-order valence-corrected chi connectivity index (χ3v) is 5.69. The third kappa shape index (κ3) is 4.59. The number of nitrogens with one attached hydrogen (secondary N) is 2. The molecule has 3 rings (SSSR count). The molecule has 0 aliphatic heterocycles. The number of primary amides is 1. The van der Waals surface area contributed by atoms with Gasteiger partial charge in [0, 0.05) is 24.8 Å². The molecule has 1 unspecified atom stereocenters. The summed E-state index contributed by atoms with van der Waals surface area (Å²) in [5, 5.41) is 6.15. The Hall–Kier alpha value is -3.42. The summed E-state index contributed by atoms with van der Waals surface area (Å²) >= 11 is 0. The molecule has 1 aromatic carbocycles. The van der Waals surface area contributed by atoms with Crippen LogP contribution in [0.1, 0.15) is 35.8 Å². The van der Waals surface area contributed by atoms with Crippen LogP contribution in [0.2, 0.25) is 0 Å². The molecule has 3 atom stereocenters. The van der Waals surface area contributed by atoms with Crippen molar-refractivity contribution in [2.75, 3.05) is 17.3 Å². The molecule has 1 heterocycles. The molecule has 4 N–H and O–H groups in total. The van der Waals surface area contributed by atoms with E-state index in [1.165, 1.54) is 6.08 Å². The van der Waals surface area contributed by atoms with E-state index in [2.05, 4.69) is 34.1 Å². The van der Waals surface area contributed by atoms with Crippen LogP contribution in [0, 0.1) is 12.8 Å². The van der Waals surface area contributed by atoms with Gasteiger partial charge in [-0.25, -0.2) is 9.97 Å². The van der Waals surface area contributed by atoms with Gasteiger partial charge in [0.1, 0.15) is 5.82 Å². The van der Waals surface area contributed by atoms with Gasteiger partial charge in [-0.15, -0.1) is 0 Å². The van der Waals surface area contributed by atoms with Gasteiger partial charge in [0.25, 0.3) is 5.91 Å². The van der Waals surface area contributed by atoms with Crippen LogP contribution >= 0.6 is 0 Å². The van der Waals surface area contributed by atoms with Gasteiger partial charge in [-0.3, -0.25) is 9.59 Å². The summed E-state index contributed by atoms with van der Waals surface area (Å²) in [5.74, 6) is 0.350. The number of carbonyl (C=O) groups excluding carboxylic acids is 2. The lowest BCUT2D eigenvalue weighted by atomic mass is 10.0. The second-order valence-electron chi connectivity index (χ2n) is 7.71. The van der Waals surface area contributed by atoms with Gasteiger partial charge in [0.05, 0.1) is 6.20 Å². The number of benzene rings is 1. The SMILES string of the molecule is C=CC(=O)NC1CC[C@@H](N(C)c2cnc(C(N)=O)c(Nc3ccc(C)cc3)n2)[C@H]1C. The van der Waals surface area contributed by atoms with E-state index in [0.717, 1.165) is 24.1 Å². The van der Waals surface area contributed by atoms with E-state index in [1.54, 1.807) is 6.20 Å². The van der Waals surface area contributed by atoms with Crippen LogP contribution in [0.5, 0.6) is 0 Å². The number of hydrogen-bond donors (Lipinski definition) is 3. The molecule has 2 aromatic rings. The molecule has 1 aromatic heterocycles. The number of anilines is 3. The summed E-state index contributed by atoms with van der Waals surface area (Å²) in [5.41, 5.74) is 7.50. The van der Waals surface area contributed by atoms with E-state index in [4.69, 9.17) is 5.73 Å². The van der Waals surface area contributed by atoms with E-state index in [9.17, 15) is 9.59 Å². The lowest BCUT2D eigenvalue weighted by Crippen LogP contribution is -2.42. The van der Waals surface area contributed by atoms with Crippen LogP contribution in [-0.2, 0) is 4.79 Å². The van der Waals surface area contributed by atoms with E-state index in [1.807, 2.05) is 43.1 Å². The minimum Gasteiger partial charge on any atom is -0.364 e. The first-order valence-corrected chi connectivity index (χ1v) is 9.96. The molecular weight excluding hydrogens is 380 g/mol. The number of aryl methyl sites for hydroxylation is 1. The molecule has 1 aliphatic rings. The molecule has 0 bridgehead atoms. The maximum absolute atomic E-state index is 11.8. The Kier molecular flexibility index (Phi) is 6.34. The molecule has 0 radical (unpaired) electrons.